The van der Waals surface area contributed by atoms with E-state index in [1.165, 1.54) is 12.1 Å². The van der Waals surface area contributed by atoms with Crippen molar-refractivity contribution in [2.75, 3.05) is 5.32 Å². The Morgan fingerprint density at radius 2 is 2.27 bits per heavy atom. The topological polar surface area (TPSA) is 12.0 Å². The van der Waals surface area contributed by atoms with Crippen LogP contribution in [0, 0.1) is 5.82 Å². The predicted octanol–water partition coefficient (Wildman–Crippen LogP) is 2.12. The number of anilines is 1. The summed E-state index contributed by atoms with van der Waals surface area (Å²) in [7, 11) is 0. The first-order valence-corrected chi connectivity index (χ1v) is 3.75. The van der Waals surface area contributed by atoms with E-state index >= 15 is 0 Å². The first-order chi connectivity index (χ1) is 5.25. The summed E-state index contributed by atoms with van der Waals surface area (Å²) in [6.45, 7) is 0. The van der Waals surface area contributed by atoms with Crippen LogP contribution in [0.2, 0.25) is 0 Å². The molecule has 1 nitrogen and oxygen atoms in total. The summed E-state index contributed by atoms with van der Waals surface area (Å²) in [6.07, 6.45) is 0.669. The molecule has 0 aromatic heterocycles. The van der Waals surface area contributed by atoms with E-state index in [0.29, 0.717) is 6.42 Å². The summed E-state index contributed by atoms with van der Waals surface area (Å²) in [5.74, 6) is -0.199. The molecule has 0 saturated carbocycles. The third-order valence-electron chi connectivity index (χ3n) is 1.69. The summed E-state index contributed by atoms with van der Waals surface area (Å²) in [4.78, 5) is 0.769. The van der Waals surface area contributed by atoms with E-state index in [2.05, 4.69) is 5.32 Å². The molecule has 0 fully saturated rings. The van der Waals surface area contributed by atoms with Crippen LogP contribution in [0.15, 0.2) is 18.2 Å². The molecule has 0 bridgehead atoms. The molecule has 1 N–H and O–H groups in total. The quantitative estimate of drug-likeness (QED) is 0.594. The Labute approximate surface area is 69.2 Å². The smallest absolute Gasteiger partial charge is 0.123 e. The summed E-state index contributed by atoms with van der Waals surface area (Å²) in [6, 6.07) is 4.66. The van der Waals surface area contributed by atoms with Gasteiger partial charge in [0.1, 0.15) is 5.82 Å². The van der Waals surface area contributed by atoms with Crippen LogP contribution in [-0.4, -0.2) is 4.99 Å². The Balaban J connectivity index is 2.51. The van der Waals surface area contributed by atoms with E-state index in [0.717, 1.165) is 16.2 Å². The molecular weight excluding hydrogens is 161 g/mol. The molecule has 0 unspecified atom stereocenters. The second kappa shape index (κ2) is 2.27. The van der Waals surface area contributed by atoms with E-state index in [1.54, 1.807) is 6.07 Å². The van der Waals surface area contributed by atoms with Crippen molar-refractivity contribution in [1.29, 1.82) is 0 Å². The number of benzene rings is 1. The van der Waals surface area contributed by atoms with E-state index in [4.69, 9.17) is 12.2 Å². The third-order valence-corrected chi connectivity index (χ3v) is 1.94. The molecule has 0 spiro atoms. The van der Waals surface area contributed by atoms with Crippen LogP contribution in [0.1, 0.15) is 5.56 Å². The Hall–Kier alpha value is -0.960. The number of nitrogens with one attached hydrogen (secondary N) is 1. The zero-order valence-electron chi connectivity index (χ0n) is 5.73. The van der Waals surface area contributed by atoms with Gasteiger partial charge in [0.15, 0.2) is 0 Å². The maximum Gasteiger partial charge on any atom is 0.123 e. The van der Waals surface area contributed by atoms with Gasteiger partial charge in [0.05, 0.1) is 4.99 Å². The first kappa shape index (κ1) is 6.73. The summed E-state index contributed by atoms with van der Waals surface area (Å²) < 4.78 is 12.6. The highest BCUT2D eigenvalue weighted by Crippen LogP contribution is 2.23. The first-order valence-electron chi connectivity index (χ1n) is 3.34. The van der Waals surface area contributed by atoms with Crippen LogP contribution in [0.5, 0.6) is 0 Å². The van der Waals surface area contributed by atoms with E-state index in [9.17, 15) is 4.39 Å². The largest absolute Gasteiger partial charge is 0.350 e. The Kier molecular flexibility index (Phi) is 1.39. The molecule has 1 aliphatic heterocycles. The number of halogens is 1. The maximum absolute atomic E-state index is 12.6. The van der Waals surface area contributed by atoms with Crippen LogP contribution >= 0.6 is 12.2 Å². The second-order valence-corrected chi connectivity index (χ2v) is 3.02. The van der Waals surface area contributed by atoms with Crippen molar-refractivity contribution in [2.24, 2.45) is 0 Å². The molecule has 11 heavy (non-hydrogen) atoms. The molecule has 1 aliphatic rings. The minimum absolute atomic E-state index is 0.199. The Bertz CT molecular complexity index is 322. The van der Waals surface area contributed by atoms with E-state index in [-0.39, 0.29) is 5.82 Å². The molecular formula is C8H6FNS. The maximum atomic E-state index is 12.6. The highest BCUT2D eigenvalue weighted by Gasteiger charge is 2.13. The number of fused-ring (bicyclic) bond motifs is 1. The normalized spacial score (nSPS) is 14.5. The molecule has 3 heteroatoms. The molecule has 2 rings (SSSR count). The molecule has 1 aromatic carbocycles. The lowest BCUT2D eigenvalue weighted by molar-refractivity contribution is 0.627. The van der Waals surface area contributed by atoms with E-state index in [1.807, 2.05) is 0 Å². The van der Waals surface area contributed by atoms with Gasteiger partial charge in [-0.05, 0) is 23.8 Å². The fourth-order valence-corrected chi connectivity index (χ4v) is 1.46. The van der Waals surface area contributed by atoms with Gasteiger partial charge in [-0.2, -0.15) is 0 Å². The van der Waals surface area contributed by atoms with Gasteiger partial charge in [0.2, 0.25) is 0 Å². The molecule has 0 atom stereocenters. The monoisotopic (exact) mass is 167 g/mol. The van der Waals surface area contributed by atoms with Crippen molar-refractivity contribution in [2.45, 2.75) is 6.42 Å². The number of thiocarbonyl (C=S) groups is 1. The number of hydrogen-bond acceptors (Lipinski definition) is 1. The predicted molar refractivity (Wildman–Crippen MR) is 46.3 cm³/mol. The van der Waals surface area contributed by atoms with Gasteiger partial charge in [0, 0.05) is 12.1 Å². The van der Waals surface area contributed by atoms with Crippen molar-refractivity contribution in [3.05, 3.63) is 29.6 Å². The van der Waals surface area contributed by atoms with Crippen LogP contribution in [0.3, 0.4) is 0 Å². The number of rotatable bonds is 0. The SMILES string of the molecule is Fc1ccc2c(c1)CC(=S)N2. The summed E-state index contributed by atoms with van der Waals surface area (Å²) in [5, 5.41) is 2.99. The van der Waals surface area contributed by atoms with Gasteiger partial charge >= 0.3 is 0 Å². The van der Waals surface area contributed by atoms with Gasteiger partial charge in [-0.1, -0.05) is 12.2 Å². The summed E-state index contributed by atoms with van der Waals surface area (Å²) >= 11 is 4.93. The van der Waals surface area contributed by atoms with Gasteiger partial charge in [-0.3, -0.25) is 0 Å². The van der Waals surface area contributed by atoms with Crippen molar-refractivity contribution in [3.8, 4) is 0 Å². The Morgan fingerprint density at radius 1 is 1.45 bits per heavy atom. The fraction of sp³-hybridized carbons (Fsp3) is 0.125. The summed E-state index contributed by atoms with van der Waals surface area (Å²) in [5.41, 5.74) is 1.89. The minimum Gasteiger partial charge on any atom is -0.350 e. The average Bonchev–Trinajstić information content (AvgIpc) is 2.27. The molecule has 0 amide bonds. The minimum atomic E-state index is -0.199. The molecule has 1 aromatic rings. The Morgan fingerprint density at radius 3 is 3.09 bits per heavy atom. The average molecular weight is 167 g/mol. The lowest BCUT2D eigenvalue weighted by atomic mass is 10.2. The van der Waals surface area contributed by atoms with Crippen LogP contribution in [0.25, 0.3) is 0 Å². The van der Waals surface area contributed by atoms with Crippen molar-refractivity contribution in [1.82, 2.24) is 0 Å². The number of hydrogen-bond donors (Lipinski definition) is 1. The fourth-order valence-electron chi connectivity index (χ4n) is 1.20. The lowest BCUT2D eigenvalue weighted by Crippen LogP contribution is -2.00. The third kappa shape index (κ3) is 1.12. The highest BCUT2D eigenvalue weighted by molar-refractivity contribution is 7.80. The van der Waals surface area contributed by atoms with Crippen LogP contribution in [0.4, 0.5) is 10.1 Å². The van der Waals surface area contributed by atoms with Gasteiger partial charge in [0.25, 0.3) is 0 Å². The second-order valence-electron chi connectivity index (χ2n) is 2.53. The zero-order valence-corrected chi connectivity index (χ0v) is 6.54. The van der Waals surface area contributed by atoms with E-state index < -0.39 is 0 Å². The van der Waals surface area contributed by atoms with Crippen molar-refractivity contribution < 1.29 is 4.39 Å². The van der Waals surface area contributed by atoms with Gasteiger partial charge in [-0.25, -0.2) is 4.39 Å². The van der Waals surface area contributed by atoms with Gasteiger partial charge < -0.3 is 5.32 Å². The zero-order chi connectivity index (χ0) is 7.84. The molecule has 1 heterocycles. The van der Waals surface area contributed by atoms with Gasteiger partial charge in [-0.15, -0.1) is 0 Å². The standard InChI is InChI=1S/C8H6FNS/c9-6-1-2-7-5(3-6)4-8(11)10-7/h1-3H,4H2,(H,10,11). The highest BCUT2D eigenvalue weighted by atomic mass is 32.1. The lowest BCUT2D eigenvalue weighted by Gasteiger charge is -1.96. The molecule has 0 aliphatic carbocycles. The molecule has 0 saturated heterocycles. The van der Waals surface area contributed by atoms with Crippen LogP contribution in [-0.2, 0) is 6.42 Å². The van der Waals surface area contributed by atoms with Crippen LogP contribution < -0.4 is 5.32 Å². The van der Waals surface area contributed by atoms with Crippen molar-refractivity contribution >= 4 is 22.9 Å². The van der Waals surface area contributed by atoms with Crippen molar-refractivity contribution in [3.63, 3.8) is 0 Å². The molecule has 0 radical (unpaired) electrons. The molecule has 56 valence electrons.